The number of aryl methyl sites for hydroxylation is 1. The molecule has 26 heavy (non-hydrogen) atoms. The van der Waals surface area contributed by atoms with Crippen LogP contribution in [-0.2, 0) is 6.54 Å². The number of imidazole rings is 1. The van der Waals surface area contributed by atoms with Crippen LogP contribution in [0.25, 0.3) is 16.6 Å². The van der Waals surface area contributed by atoms with Crippen molar-refractivity contribution in [2.24, 2.45) is 5.92 Å². The quantitative estimate of drug-likeness (QED) is 0.819. The van der Waals surface area contributed by atoms with Gasteiger partial charge in [-0.05, 0) is 55.9 Å². The Kier molecular flexibility index (Phi) is 4.73. The molecule has 0 amide bonds. The van der Waals surface area contributed by atoms with Crippen LogP contribution in [0, 0.1) is 5.92 Å². The normalized spacial score (nSPS) is 18.8. The van der Waals surface area contributed by atoms with Crippen LogP contribution < -0.4 is 0 Å². The highest BCUT2D eigenvalue weighted by atomic mass is 19.4. The highest BCUT2D eigenvalue weighted by Crippen LogP contribution is 2.39. The molecule has 1 aliphatic carbocycles. The molecule has 1 unspecified atom stereocenters. The third kappa shape index (κ3) is 4.01. The van der Waals surface area contributed by atoms with Crippen LogP contribution in [0.1, 0.15) is 39.2 Å². The minimum Gasteiger partial charge on any atom is -0.390 e. The van der Waals surface area contributed by atoms with Gasteiger partial charge in [-0.15, -0.1) is 0 Å². The third-order valence-corrected chi connectivity index (χ3v) is 4.80. The van der Waals surface area contributed by atoms with Crippen molar-refractivity contribution in [3.05, 3.63) is 47.8 Å². The Morgan fingerprint density at radius 1 is 1.23 bits per heavy atom. The Bertz CT molecular complexity index is 869. The van der Waals surface area contributed by atoms with Crippen LogP contribution in [-0.4, -0.2) is 26.4 Å². The zero-order chi connectivity index (χ0) is 19.1. The van der Waals surface area contributed by atoms with Gasteiger partial charge in [-0.1, -0.05) is 25.1 Å². The SMILES string of the molecule is CC1CC(c2ccc3ncn(CCC(C)(C)O)c3c2)=CC=C1C(F)(F)F. The number of aliphatic hydroxyl groups is 1. The Morgan fingerprint density at radius 3 is 2.58 bits per heavy atom. The van der Waals surface area contributed by atoms with E-state index < -0.39 is 23.3 Å². The zero-order valence-corrected chi connectivity index (χ0v) is 15.1. The van der Waals surface area contributed by atoms with E-state index in [1.807, 2.05) is 22.8 Å². The number of halogens is 3. The van der Waals surface area contributed by atoms with Gasteiger partial charge in [-0.25, -0.2) is 4.98 Å². The molecule has 1 N–H and O–H groups in total. The summed E-state index contributed by atoms with van der Waals surface area (Å²) < 4.78 is 40.9. The van der Waals surface area contributed by atoms with Gasteiger partial charge in [0.25, 0.3) is 0 Å². The Labute approximate surface area is 150 Å². The maximum Gasteiger partial charge on any atom is 0.412 e. The predicted octanol–water partition coefficient (Wildman–Crippen LogP) is 5.11. The molecule has 0 aliphatic heterocycles. The highest BCUT2D eigenvalue weighted by Gasteiger charge is 2.37. The third-order valence-electron chi connectivity index (χ3n) is 4.80. The van der Waals surface area contributed by atoms with Crippen LogP contribution in [0.2, 0.25) is 0 Å². The van der Waals surface area contributed by atoms with Gasteiger partial charge in [0.1, 0.15) is 0 Å². The standard InChI is InChI=1S/C20H23F3N2O/c1-13-10-14(4-6-16(13)20(21,22)23)15-5-7-17-18(11-15)25(12-24-17)9-8-19(2,3)26/h4-7,11-13,26H,8-10H2,1-3H3. The zero-order valence-electron chi connectivity index (χ0n) is 15.1. The number of alkyl halides is 3. The van der Waals surface area contributed by atoms with Gasteiger partial charge < -0.3 is 9.67 Å². The average Bonchev–Trinajstić information content (AvgIpc) is 2.93. The van der Waals surface area contributed by atoms with Crippen LogP contribution in [0.4, 0.5) is 13.2 Å². The molecule has 0 spiro atoms. The lowest BCUT2D eigenvalue weighted by atomic mass is 9.85. The van der Waals surface area contributed by atoms with E-state index >= 15 is 0 Å². The lowest BCUT2D eigenvalue weighted by Crippen LogP contribution is -2.21. The average molecular weight is 364 g/mol. The number of hydrogen-bond donors (Lipinski definition) is 1. The summed E-state index contributed by atoms with van der Waals surface area (Å²) in [5, 5.41) is 9.93. The topological polar surface area (TPSA) is 38.0 Å². The Morgan fingerprint density at radius 2 is 1.96 bits per heavy atom. The number of aromatic nitrogens is 2. The monoisotopic (exact) mass is 364 g/mol. The molecule has 0 fully saturated rings. The van der Waals surface area contributed by atoms with Crippen LogP contribution in [0.5, 0.6) is 0 Å². The molecule has 6 heteroatoms. The van der Waals surface area contributed by atoms with Gasteiger partial charge in [-0.3, -0.25) is 0 Å². The van der Waals surface area contributed by atoms with Crippen molar-refractivity contribution < 1.29 is 18.3 Å². The van der Waals surface area contributed by atoms with Gasteiger partial charge in [0.2, 0.25) is 0 Å². The van der Waals surface area contributed by atoms with Gasteiger partial charge in [0.05, 0.1) is 23.0 Å². The van der Waals surface area contributed by atoms with E-state index in [1.165, 1.54) is 6.08 Å². The second-order valence-electron chi connectivity index (χ2n) is 7.62. The molecule has 0 radical (unpaired) electrons. The molecule has 0 saturated carbocycles. The van der Waals surface area contributed by atoms with Crippen molar-refractivity contribution in [2.45, 2.75) is 51.9 Å². The number of nitrogens with zero attached hydrogens (tertiary/aromatic N) is 2. The lowest BCUT2D eigenvalue weighted by Gasteiger charge is -2.23. The molecule has 1 atom stereocenters. The number of rotatable bonds is 4. The fraction of sp³-hybridized carbons (Fsp3) is 0.450. The maximum atomic E-state index is 13.0. The van der Waals surface area contributed by atoms with Crippen molar-refractivity contribution >= 4 is 16.6 Å². The van der Waals surface area contributed by atoms with Crippen molar-refractivity contribution in [3.8, 4) is 0 Å². The van der Waals surface area contributed by atoms with Crippen molar-refractivity contribution in [2.75, 3.05) is 0 Å². The smallest absolute Gasteiger partial charge is 0.390 e. The van der Waals surface area contributed by atoms with Crippen molar-refractivity contribution in [1.29, 1.82) is 0 Å². The molecule has 140 valence electrons. The number of allylic oxidation sites excluding steroid dienone is 4. The minimum atomic E-state index is -4.28. The fourth-order valence-electron chi connectivity index (χ4n) is 3.28. The predicted molar refractivity (Wildman–Crippen MR) is 96.5 cm³/mol. The van der Waals surface area contributed by atoms with E-state index in [0.717, 1.165) is 22.2 Å². The van der Waals surface area contributed by atoms with Crippen LogP contribution >= 0.6 is 0 Å². The molecule has 0 saturated heterocycles. The van der Waals surface area contributed by atoms with Crippen molar-refractivity contribution in [3.63, 3.8) is 0 Å². The Balaban J connectivity index is 1.92. The molecule has 2 aromatic rings. The van der Waals surface area contributed by atoms with Crippen LogP contribution in [0.3, 0.4) is 0 Å². The van der Waals surface area contributed by atoms with E-state index in [1.54, 1.807) is 33.2 Å². The second-order valence-corrected chi connectivity index (χ2v) is 7.62. The van der Waals surface area contributed by atoms with Crippen LogP contribution in [0.15, 0.2) is 42.3 Å². The molecule has 1 aliphatic rings. The molecule has 1 heterocycles. The van der Waals surface area contributed by atoms with Gasteiger partial charge in [0, 0.05) is 12.1 Å². The summed E-state index contributed by atoms with van der Waals surface area (Å²) in [6, 6.07) is 5.76. The maximum absolute atomic E-state index is 13.0. The summed E-state index contributed by atoms with van der Waals surface area (Å²) in [6.07, 6.45) is 1.16. The molecule has 1 aromatic heterocycles. The first-order chi connectivity index (χ1) is 12.0. The number of fused-ring (bicyclic) bond motifs is 1. The lowest BCUT2D eigenvalue weighted by molar-refractivity contribution is -0.0983. The van der Waals surface area contributed by atoms with Gasteiger partial charge in [0.15, 0.2) is 0 Å². The summed E-state index contributed by atoms with van der Waals surface area (Å²) in [4.78, 5) is 4.37. The molecular weight excluding hydrogens is 341 g/mol. The summed E-state index contributed by atoms with van der Waals surface area (Å²) in [7, 11) is 0. The summed E-state index contributed by atoms with van der Waals surface area (Å²) in [5.74, 6) is -0.564. The van der Waals surface area contributed by atoms with E-state index in [4.69, 9.17) is 0 Å². The van der Waals surface area contributed by atoms with E-state index in [9.17, 15) is 18.3 Å². The summed E-state index contributed by atoms with van der Waals surface area (Å²) in [5.41, 5.74) is 2.31. The molecule has 0 bridgehead atoms. The summed E-state index contributed by atoms with van der Waals surface area (Å²) in [6.45, 7) is 5.75. The first kappa shape index (κ1) is 18.7. The molecule has 1 aromatic carbocycles. The van der Waals surface area contributed by atoms with E-state index in [-0.39, 0.29) is 0 Å². The van der Waals surface area contributed by atoms with Gasteiger partial charge >= 0.3 is 6.18 Å². The highest BCUT2D eigenvalue weighted by molar-refractivity contribution is 5.82. The first-order valence-corrected chi connectivity index (χ1v) is 8.70. The number of benzene rings is 1. The molecule has 3 nitrogen and oxygen atoms in total. The number of hydrogen-bond acceptors (Lipinski definition) is 2. The molecule has 3 rings (SSSR count). The molecular formula is C20H23F3N2O. The largest absolute Gasteiger partial charge is 0.412 e. The van der Waals surface area contributed by atoms with Gasteiger partial charge in [-0.2, -0.15) is 13.2 Å². The van der Waals surface area contributed by atoms with Crippen molar-refractivity contribution in [1.82, 2.24) is 9.55 Å². The fourth-order valence-corrected chi connectivity index (χ4v) is 3.28. The van der Waals surface area contributed by atoms with E-state index in [2.05, 4.69) is 4.98 Å². The minimum absolute atomic E-state index is 0.356. The second kappa shape index (κ2) is 6.58. The Hall–Kier alpha value is -2.08. The summed E-state index contributed by atoms with van der Waals surface area (Å²) >= 11 is 0. The first-order valence-electron chi connectivity index (χ1n) is 8.70. The van der Waals surface area contributed by atoms with E-state index in [0.29, 0.717) is 19.4 Å².